The van der Waals surface area contributed by atoms with Gasteiger partial charge in [0.05, 0.1) is 5.52 Å². The number of pyridine rings is 1. The molecule has 0 saturated carbocycles. The van der Waals surface area contributed by atoms with Crippen molar-refractivity contribution in [3.63, 3.8) is 0 Å². The number of phenolic OH excluding ortho intramolecular Hbond substituents is 1. The van der Waals surface area contributed by atoms with Crippen LogP contribution >= 0.6 is 0 Å². The Bertz CT molecular complexity index is 767. The summed E-state index contributed by atoms with van der Waals surface area (Å²) in [6.45, 7) is 0. The molecule has 0 bridgehead atoms. The van der Waals surface area contributed by atoms with Gasteiger partial charge in [0.1, 0.15) is 11.4 Å². The van der Waals surface area contributed by atoms with Gasteiger partial charge in [0, 0.05) is 11.1 Å². The number of hydrogen-bond acceptors (Lipinski definition) is 3. The lowest BCUT2D eigenvalue weighted by Crippen LogP contribution is -2.13. The summed E-state index contributed by atoms with van der Waals surface area (Å²) < 4.78 is 0. The quantitative estimate of drug-likeness (QED) is 0.699. The summed E-state index contributed by atoms with van der Waals surface area (Å²) in [6.07, 6.45) is 0. The predicted molar refractivity (Wildman–Crippen MR) is 77.8 cm³/mol. The maximum absolute atomic E-state index is 12.1. The third-order valence-electron chi connectivity index (χ3n) is 2.96. The molecule has 1 aromatic heterocycles. The van der Waals surface area contributed by atoms with Crippen molar-refractivity contribution in [1.82, 2.24) is 4.98 Å². The van der Waals surface area contributed by atoms with Gasteiger partial charge in [-0.2, -0.15) is 0 Å². The number of aromatic nitrogens is 1. The first-order chi connectivity index (χ1) is 9.72. The zero-order valence-corrected chi connectivity index (χ0v) is 10.6. The molecular weight excluding hydrogens is 252 g/mol. The minimum atomic E-state index is -0.276. The highest BCUT2D eigenvalue weighted by Crippen LogP contribution is 2.16. The van der Waals surface area contributed by atoms with Crippen LogP contribution in [0.25, 0.3) is 10.9 Å². The monoisotopic (exact) mass is 264 g/mol. The molecule has 0 fully saturated rings. The Morgan fingerprint density at radius 2 is 1.70 bits per heavy atom. The number of phenols is 1. The fraction of sp³-hybridized carbons (Fsp3) is 0. The molecule has 98 valence electrons. The van der Waals surface area contributed by atoms with E-state index in [1.807, 2.05) is 30.3 Å². The SMILES string of the molecule is O=C(Nc1ccc(O)cc1)c1ccc2ccccc2n1. The molecule has 20 heavy (non-hydrogen) atoms. The number of para-hydroxylation sites is 1. The molecule has 3 aromatic rings. The average Bonchev–Trinajstić information content (AvgIpc) is 2.49. The maximum Gasteiger partial charge on any atom is 0.274 e. The smallest absolute Gasteiger partial charge is 0.274 e. The third-order valence-corrected chi connectivity index (χ3v) is 2.96. The Morgan fingerprint density at radius 3 is 2.50 bits per heavy atom. The lowest BCUT2D eigenvalue weighted by molar-refractivity contribution is 0.102. The summed E-state index contributed by atoms with van der Waals surface area (Å²) in [4.78, 5) is 16.4. The van der Waals surface area contributed by atoms with E-state index in [-0.39, 0.29) is 11.7 Å². The van der Waals surface area contributed by atoms with E-state index in [0.29, 0.717) is 11.4 Å². The first-order valence-corrected chi connectivity index (χ1v) is 6.18. The lowest BCUT2D eigenvalue weighted by Gasteiger charge is -2.05. The van der Waals surface area contributed by atoms with E-state index in [1.165, 1.54) is 12.1 Å². The van der Waals surface area contributed by atoms with E-state index in [9.17, 15) is 9.90 Å². The second kappa shape index (κ2) is 5.01. The molecular formula is C16H12N2O2. The minimum absolute atomic E-state index is 0.159. The maximum atomic E-state index is 12.1. The number of rotatable bonds is 2. The normalized spacial score (nSPS) is 10.4. The topological polar surface area (TPSA) is 62.2 Å². The van der Waals surface area contributed by atoms with Crippen LogP contribution in [0.5, 0.6) is 5.75 Å². The van der Waals surface area contributed by atoms with Gasteiger partial charge in [-0.3, -0.25) is 4.79 Å². The van der Waals surface area contributed by atoms with Gasteiger partial charge in [0.15, 0.2) is 0 Å². The standard InChI is InChI=1S/C16H12N2O2/c19-13-8-6-12(7-9-13)17-16(20)15-10-5-11-3-1-2-4-14(11)18-15/h1-10,19H,(H,17,20). The molecule has 0 saturated heterocycles. The van der Waals surface area contributed by atoms with Gasteiger partial charge < -0.3 is 10.4 Å². The van der Waals surface area contributed by atoms with Gasteiger partial charge >= 0.3 is 0 Å². The van der Waals surface area contributed by atoms with E-state index in [4.69, 9.17) is 0 Å². The summed E-state index contributed by atoms with van der Waals surface area (Å²) in [5.74, 6) is -0.117. The van der Waals surface area contributed by atoms with Crippen LogP contribution in [0.3, 0.4) is 0 Å². The first-order valence-electron chi connectivity index (χ1n) is 6.18. The van der Waals surface area contributed by atoms with Gasteiger partial charge in [-0.1, -0.05) is 24.3 Å². The zero-order chi connectivity index (χ0) is 13.9. The summed E-state index contributed by atoms with van der Waals surface area (Å²) in [6, 6.07) is 17.5. The van der Waals surface area contributed by atoms with Crippen LogP contribution in [0, 0.1) is 0 Å². The number of benzene rings is 2. The molecule has 0 atom stereocenters. The van der Waals surface area contributed by atoms with Crippen molar-refractivity contribution in [3.05, 3.63) is 66.4 Å². The van der Waals surface area contributed by atoms with Crippen molar-refractivity contribution in [2.75, 3.05) is 5.32 Å². The van der Waals surface area contributed by atoms with Crippen molar-refractivity contribution in [2.24, 2.45) is 0 Å². The van der Waals surface area contributed by atoms with Gasteiger partial charge in [-0.05, 0) is 36.4 Å². The third kappa shape index (κ3) is 2.44. The number of hydrogen-bond donors (Lipinski definition) is 2. The van der Waals surface area contributed by atoms with Crippen LogP contribution < -0.4 is 5.32 Å². The largest absolute Gasteiger partial charge is 0.508 e. The zero-order valence-electron chi connectivity index (χ0n) is 10.6. The average molecular weight is 264 g/mol. The van der Waals surface area contributed by atoms with E-state index in [0.717, 1.165) is 10.9 Å². The molecule has 2 N–H and O–H groups in total. The van der Waals surface area contributed by atoms with Gasteiger partial charge in [0.2, 0.25) is 0 Å². The van der Waals surface area contributed by atoms with Crippen molar-refractivity contribution < 1.29 is 9.90 Å². The second-order valence-electron chi connectivity index (χ2n) is 4.39. The summed E-state index contributed by atoms with van der Waals surface area (Å²) >= 11 is 0. The highest BCUT2D eigenvalue weighted by atomic mass is 16.3. The number of carbonyl (C=O) groups excluding carboxylic acids is 1. The van der Waals surface area contributed by atoms with Crippen molar-refractivity contribution in [2.45, 2.75) is 0 Å². The van der Waals surface area contributed by atoms with E-state index < -0.39 is 0 Å². The Balaban J connectivity index is 1.86. The summed E-state index contributed by atoms with van der Waals surface area (Å²) in [5.41, 5.74) is 1.75. The van der Waals surface area contributed by atoms with Crippen molar-refractivity contribution in [3.8, 4) is 5.75 Å². The van der Waals surface area contributed by atoms with Gasteiger partial charge in [-0.15, -0.1) is 0 Å². The van der Waals surface area contributed by atoms with Crippen molar-refractivity contribution in [1.29, 1.82) is 0 Å². The molecule has 0 aliphatic carbocycles. The molecule has 0 aliphatic rings. The van der Waals surface area contributed by atoms with Crippen LogP contribution in [-0.2, 0) is 0 Å². The number of nitrogens with zero attached hydrogens (tertiary/aromatic N) is 1. The molecule has 0 unspecified atom stereocenters. The number of amides is 1. The molecule has 0 spiro atoms. The van der Waals surface area contributed by atoms with Crippen molar-refractivity contribution >= 4 is 22.5 Å². The Hall–Kier alpha value is -2.88. The Labute approximate surface area is 115 Å². The number of anilines is 1. The number of carbonyl (C=O) groups is 1. The highest BCUT2D eigenvalue weighted by Gasteiger charge is 2.08. The fourth-order valence-electron chi connectivity index (χ4n) is 1.93. The highest BCUT2D eigenvalue weighted by molar-refractivity contribution is 6.04. The van der Waals surface area contributed by atoms with E-state index in [2.05, 4.69) is 10.3 Å². The molecule has 4 nitrogen and oxygen atoms in total. The van der Waals surface area contributed by atoms with Crippen LogP contribution in [0.15, 0.2) is 60.7 Å². The molecule has 0 radical (unpaired) electrons. The Morgan fingerprint density at radius 1 is 0.950 bits per heavy atom. The molecule has 3 rings (SSSR count). The molecule has 4 heteroatoms. The van der Waals surface area contributed by atoms with E-state index >= 15 is 0 Å². The van der Waals surface area contributed by atoms with Crippen LogP contribution in [0.1, 0.15) is 10.5 Å². The van der Waals surface area contributed by atoms with Crippen LogP contribution in [0.2, 0.25) is 0 Å². The second-order valence-corrected chi connectivity index (χ2v) is 4.39. The minimum Gasteiger partial charge on any atom is -0.508 e. The van der Waals surface area contributed by atoms with Gasteiger partial charge in [-0.25, -0.2) is 4.98 Å². The molecule has 2 aromatic carbocycles. The summed E-state index contributed by atoms with van der Waals surface area (Å²) in [7, 11) is 0. The fourth-order valence-corrected chi connectivity index (χ4v) is 1.93. The van der Waals surface area contributed by atoms with Gasteiger partial charge in [0.25, 0.3) is 5.91 Å². The molecule has 1 amide bonds. The number of aromatic hydroxyl groups is 1. The van der Waals surface area contributed by atoms with Crippen LogP contribution in [-0.4, -0.2) is 16.0 Å². The lowest BCUT2D eigenvalue weighted by atomic mass is 10.2. The Kier molecular flexibility index (Phi) is 3.05. The summed E-state index contributed by atoms with van der Waals surface area (Å²) in [5, 5.41) is 12.9. The molecule has 1 heterocycles. The number of nitrogens with one attached hydrogen (secondary N) is 1. The van der Waals surface area contributed by atoms with Crippen LogP contribution in [0.4, 0.5) is 5.69 Å². The first kappa shape index (κ1) is 12.2. The number of fused-ring (bicyclic) bond motifs is 1. The van der Waals surface area contributed by atoms with E-state index in [1.54, 1.807) is 18.2 Å². The molecule has 0 aliphatic heterocycles. The predicted octanol–water partition coefficient (Wildman–Crippen LogP) is 3.19.